The van der Waals surface area contributed by atoms with E-state index in [1.54, 1.807) is 53.0 Å². The van der Waals surface area contributed by atoms with Crippen molar-refractivity contribution in [3.63, 3.8) is 0 Å². The molecule has 256 valence electrons. The van der Waals surface area contributed by atoms with Gasteiger partial charge in [-0.05, 0) is 42.0 Å². The highest BCUT2D eigenvalue weighted by Crippen LogP contribution is 2.31. The van der Waals surface area contributed by atoms with Crippen LogP contribution in [0.2, 0.25) is 0 Å². The summed E-state index contributed by atoms with van der Waals surface area (Å²) in [6.45, 7) is 0.222. The molecule has 0 fully saturated rings. The second-order valence-electron chi connectivity index (χ2n) is 10.3. The fourth-order valence-electron chi connectivity index (χ4n) is 4.37. The minimum Gasteiger partial charge on any atom is -0.480 e. The van der Waals surface area contributed by atoms with Gasteiger partial charge in [-0.3, -0.25) is 20.0 Å². The molecular formula is C35H31IN6O4S4. The van der Waals surface area contributed by atoms with Crippen molar-refractivity contribution in [3.8, 4) is 0 Å². The first kappa shape index (κ1) is 37.5. The van der Waals surface area contributed by atoms with Crippen LogP contribution in [0.25, 0.3) is 20.4 Å². The van der Waals surface area contributed by atoms with Crippen molar-refractivity contribution in [1.82, 2.24) is 19.9 Å². The van der Waals surface area contributed by atoms with Crippen LogP contribution in [0.1, 0.15) is 28.6 Å². The lowest BCUT2D eigenvalue weighted by molar-refractivity contribution is -0.145. The molecule has 2 atom stereocenters. The average Bonchev–Trinajstić information content (AvgIpc) is 3.97. The van der Waals surface area contributed by atoms with Crippen LogP contribution in [0, 0.1) is 0 Å². The van der Waals surface area contributed by atoms with Gasteiger partial charge in [0.15, 0.2) is 12.1 Å². The van der Waals surface area contributed by atoms with Crippen molar-refractivity contribution in [2.75, 3.05) is 11.5 Å². The number of rotatable bonds is 7. The smallest absolute Gasteiger partial charge is 0.332 e. The monoisotopic (exact) mass is 854 g/mol. The molecule has 2 aliphatic heterocycles. The van der Waals surface area contributed by atoms with Crippen LogP contribution in [-0.2, 0) is 25.4 Å². The Kier molecular flexibility index (Phi) is 13.8. The number of aliphatic imine (C=N–C) groups is 2. The fourth-order valence-corrected chi connectivity index (χ4v) is 8.94. The van der Waals surface area contributed by atoms with E-state index in [-0.39, 0.29) is 20.0 Å². The van der Waals surface area contributed by atoms with Crippen LogP contribution in [0.4, 0.5) is 0 Å². The summed E-state index contributed by atoms with van der Waals surface area (Å²) in [7, 11) is 0. The van der Waals surface area contributed by atoms with Gasteiger partial charge >= 0.3 is 11.9 Å². The normalized spacial score (nSPS) is 16.3. The summed E-state index contributed by atoms with van der Waals surface area (Å²) in [5.41, 5.74) is 4.05. The third-order valence-corrected chi connectivity index (χ3v) is 12.1. The van der Waals surface area contributed by atoms with Crippen molar-refractivity contribution in [2.45, 2.75) is 30.5 Å². The number of hydrogen-bond donors (Lipinski definition) is 1. The zero-order chi connectivity index (χ0) is 34.0. The lowest BCUT2D eigenvalue weighted by Crippen LogP contribution is -2.21. The van der Waals surface area contributed by atoms with Crippen molar-refractivity contribution < 1.29 is 19.4 Å². The molecule has 0 unspecified atom stereocenters. The molecule has 2 aliphatic rings. The Bertz CT molecular complexity index is 2040. The van der Waals surface area contributed by atoms with Gasteiger partial charge in [0.05, 0.1) is 20.4 Å². The van der Waals surface area contributed by atoms with Crippen LogP contribution < -0.4 is 0 Å². The van der Waals surface area contributed by atoms with E-state index in [1.807, 2.05) is 72.9 Å². The van der Waals surface area contributed by atoms with E-state index in [0.29, 0.717) is 11.5 Å². The summed E-state index contributed by atoms with van der Waals surface area (Å²) in [5.74, 6) is -0.0753. The Labute approximate surface area is 319 Å². The molecule has 0 aliphatic carbocycles. The summed E-state index contributed by atoms with van der Waals surface area (Å²) in [4.78, 5) is 48.7. The molecule has 0 bridgehead atoms. The Morgan fingerprint density at radius 3 is 1.72 bits per heavy atom. The van der Waals surface area contributed by atoms with Crippen molar-refractivity contribution in [2.24, 2.45) is 9.98 Å². The Morgan fingerprint density at radius 1 is 0.740 bits per heavy atom. The first-order valence-electron chi connectivity index (χ1n) is 14.8. The number of esters is 1. The van der Waals surface area contributed by atoms with Gasteiger partial charge in [-0.25, -0.2) is 19.6 Å². The maximum absolute atomic E-state index is 12.2. The van der Waals surface area contributed by atoms with E-state index in [1.165, 1.54) is 17.3 Å². The van der Waals surface area contributed by atoms with Crippen molar-refractivity contribution in [3.05, 3.63) is 119 Å². The summed E-state index contributed by atoms with van der Waals surface area (Å²) in [6, 6.07) is 22.5. The molecular weight excluding hydrogens is 824 g/mol. The molecule has 4 aromatic heterocycles. The largest absolute Gasteiger partial charge is 0.480 e. The predicted octanol–water partition coefficient (Wildman–Crippen LogP) is 8.19. The molecule has 6 aromatic rings. The molecule has 15 heteroatoms. The molecule has 0 saturated heterocycles. The number of ether oxygens (including phenoxy) is 1. The number of aromatic nitrogens is 4. The number of nitrogens with zero attached hydrogens (tertiary/aromatic N) is 6. The zero-order valence-electron chi connectivity index (χ0n) is 25.6. The third-order valence-electron chi connectivity index (χ3n) is 6.79. The SMILES string of the molecule is C.ICc1cccnc1.O=C(O)[C@H]1CSC(c2nc3ccccc3s2)=N1.O=C(OCc1cccnc1)[C@H]1CSC(c2nc3ccccc3s2)=N1. The second-order valence-corrected chi connectivity index (χ2v) is 15.1. The van der Waals surface area contributed by atoms with Crippen LogP contribution >= 0.6 is 68.8 Å². The number of carboxylic acid groups (broad SMARTS) is 1. The maximum atomic E-state index is 12.2. The standard InChI is InChI=1S/C17H13N3O2S2.C11H8N2O2S2.C6H6IN.CH4/c21-17(22-9-11-4-3-7-18-8-11)13-10-23-15(20-13)16-19-12-5-1-2-6-14(12)24-16;14-11(15)7-5-16-9(13-7)10-12-6-3-1-2-4-8(6)17-10;7-4-6-2-1-3-8-5-6;/h1-8,13H,9-10H2;1-4,7H,5H2,(H,14,15);1-3,5H,4H2;1H4/t13-;7-;;/m11../s1. The summed E-state index contributed by atoms with van der Waals surface area (Å²) in [6.07, 6.45) is 7.04. The fraction of sp³-hybridized carbons (Fsp3) is 0.200. The van der Waals surface area contributed by atoms with E-state index in [9.17, 15) is 9.59 Å². The van der Waals surface area contributed by atoms with E-state index < -0.39 is 18.1 Å². The van der Waals surface area contributed by atoms with Gasteiger partial charge in [0.1, 0.15) is 26.7 Å². The number of carboxylic acids is 1. The molecule has 10 nitrogen and oxygen atoms in total. The number of benzene rings is 2. The number of thioether (sulfide) groups is 2. The molecule has 8 rings (SSSR count). The first-order chi connectivity index (χ1) is 24.0. The van der Waals surface area contributed by atoms with E-state index >= 15 is 0 Å². The number of alkyl halides is 1. The first-order valence-corrected chi connectivity index (χ1v) is 20.0. The van der Waals surface area contributed by atoms with Crippen molar-refractivity contribution >= 4 is 111 Å². The minimum absolute atomic E-state index is 0. The summed E-state index contributed by atoms with van der Waals surface area (Å²) < 4.78 is 8.61. The van der Waals surface area contributed by atoms with Gasteiger partial charge in [0.25, 0.3) is 0 Å². The highest BCUT2D eigenvalue weighted by atomic mass is 127. The number of para-hydroxylation sites is 2. The van der Waals surface area contributed by atoms with E-state index in [4.69, 9.17) is 9.84 Å². The Balaban J connectivity index is 0.000000162. The lowest BCUT2D eigenvalue weighted by atomic mass is 10.3. The number of fused-ring (bicyclic) bond motifs is 2. The van der Waals surface area contributed by atoms with Gasteiger partial charge in [-0.1, -0.05) is 66.4 Å². The number of hydrogen-bond acceptors (Lipinski definition) is 13. The molecule has 0 saturated carbocycles. The molecule has 1 N–H and O–H groups in total. The van der Waals surface area contributed by atoms with Gasteiger partial charge in [-0.15, -0.1) is 46.2 Å². The molecule has 0 radical (unpaired) electrons. The highest BCUT2D eigenvalue weighted by molar-refractivity contribution is 14.1. The average molecular weight is 855 g/mol. The number of aliphatic carboxylic acids is 1. The number of pyridine rings is 2. The lowest BCUT2D eigenvalue weighted by Gasteiger charge is -2.06. The van der Waals surface area contributed by atoms with Crippen molar-refractivity contribution in [1.29, 1.82) is 0 Å². The number of halogens is 1. The number of carbonyl (C=O) groups is 2. The maximum Gasteiger partial charge on any atom is 0.332 e. The Morgan fingerprint density at radius 2 is 1.26 bits per heavy atom. The third kappa shape index (κ3) is 9.93. The molecule has 0 amide bonds. The second kappa shape index (κ2) is 18.5. The Hall–Kier alpha value is -3.77. The zero-order valence-corrected chi connectivity index (χ0v) is 31.0. The molecule has 0 spiro atoms. The number of thiazole rings is 2. The topological polar surface area (TPSA) is 140 Å². The van der Waals surface area contributed by atoms with Crippen LogP contribution in [0.3, 0.4) is 0 Å². The predicted molar refractivity (Wildman–Crippen MR) is 215 cm³/mol. The van der Waals surface area contributed by atoms with Crippen LogP contribution in [0.5, 0.6) is 0 Å². The van der Waals surface area contributed by atoms with Gasteiger partial charge < -0.3 is 9.84 Å². The van der Waals surface area contributed by atoms with E-state index in [2.05, 4.69) is 58.6 Å². The quantitative estimate of drug-likeness (QED) is 0.0950. The van der Waals surface area contributed by atoms with Gasteiger partial charge in [0.2, 0.25) is 0 Å². The van der Waals surface area contributed by atoms with Gasteiger partial charge in [0, 0.05) is 46.3 Å². The summed E-state index contributed by atoms with van der Waals surface area (Å²) in [5, 5.41) is 12.1. The highest BCUT2D eigenvalue weighted by Gasteiger charge is 2.29. The number of carbonyl (C=O) groups excluding carboxylic acids is 1. The molecule has 6 heterocycles. The molecule has 50 heavy (non-hydrogen) atoms. The van der Waals surface area contributed by atoms with Gasteiger partial charge in [-0.2, -0.15) is 0 Å². The van der Waals surface area contributed by atoms with Crippen LogP contribution in [-0.4, -0.2) is 70.7 Å². The summed E-state index contributed by atoms with van der Waals surface area (Å²) >= 11 is 8.48. The van der Waals surface area contributed by atoms with E-state index in [0.717, 1.165) is 50.5 Å². The molecule has 2 aromatic carbocycles. The van der Waals surface area contributed by atoms with Crippen LogP contribution in [0.15, 0.2) is 108 Å². The minimum atomic E-state index is -0.867.